The largest absolute Gasteiger partial charge is 0.465 e. The Morgan fingerprint density at radius 3 is 2.60 bits per heavy atom. The van der Waals surface area contributed by atoms with E-state index >= 15 is 0 Å². The molecule has 1 heterocycles. The summed E-state index contributed by atoms with van der Waals surface area (Å²) in [4.78, 5) is 16.8. The third-order valence-corrected chi connectivity index (χ3v) is 5.01. The van der Waals surface area contributed by atoms with Gasteiger partial charge in [0.1, 0.15) is 4.60 Å². The molecule has 0 aromatic carbocycles. The van der Waals surface area contributed by atoms with E-state index in [1.807, 2.05) is 0 Å². The Hall–Kier alpha value is -0.420. The molecule has 0 spiro atoms. The third kappa shape index (κ3) is 8.00. The molecule has 0 bridgehead atoms. The molecule has 1 aromatic heterocycles. The van der Waals surface area contributed by atoms with Gasteiger partial charge in [0.25, 0.3) is 0 Å². The van der Waals surface area contributed by atoms with Gasteiger partial charge < -0.3 is 4.74 Å². The van der Waals surface area contributed by atoms with Crippen LogP contribution in [0.3, 0.4) is 0 Å². The van der Waals surface area contributed by atoms with Crippen LogP contribution >= 0.6 is 27.3 Å². The number of hydrogen-bond acceptors (Lipinski definition) is 4. The van der Waals surface area contributed by atoms with Crippen molar-refractivity contribution in [2.45, 2.75) is 64.7 Å². The molecule has 0 saturated heterocycles. The SMILES string of the molecule is CCCCCCCCCC(=O)OCCc1scnc1Br. The summed E-state index contributed by atoms with van der Waals surface area (Å²) in [5.74, 6) is -0.0702. The number of esters is 1. The van der Waals surface area contributed by atoms with Gasteiger partial charge in [0, 0.05) is 17.7 Å². The smallest absolute Gasteiger partial charge is 0.305 e. The summed E-state index contributed by atoms with van der Waals surface area (Å²) in [5.41, 5.74) is 1.79. The van der Waals surface area contributed by atoms with E-state index in [2.05, 4.69) is 27.8 Å². The molecule has 0 N–H and O–H groups in total. The number of hydrogen-bond donors (Lipinski definition) is 0. The molecule has 0 radical (unpaired) electrons. The maximum atomic E-state index is 11.5. The van der Waals surface area contributed by atoms with Crippen LogP contribution in [0.15, 0.2) is 10.1 Å². The van der Waals surface area contributed by atoms with Gasteiger partial charge in [-0.1, -0.05) is 45.4 Å². The lowest BCUT2D eigenvalue weighted by Crippen LogP contribution is -2.07. The average Bonchev–Trinajstić information content (AvgIpc) is 2.83. The summed E-state index contributed by atoms with van der Waals surface area (Å²) >= 11 is 4.95. The molecule has 1 rings (SSSR count). The molecule has 114 valence electrons. The maximum Gasteiger partial charge on any atom is 0.305 e. The van der Waals surface area contributed by atoms with Gasteiger partial charge >= 0.3 is 5.97 Å². The number of aromatic nitrogens is 1. The Bertz CT molecular complexity index is 382. The molecule has 0 aliphatic rings. The van der Waals surface area contributed by atoms with Crippen LogP contribution in [0.2, 0.25) is 0 Å². The fourth-order valence-electron chi connectivity index (χ4n) is 1.98. The molecule has 0 saturated carbocycles. The Morgan fingerprint density at radius 1 is 1.25 bits per heavy atom. The first kappa shape index (κ1) is 17.6. The fourth-order valence-corrected chi connectivity index (χ4v) is 3.33. The first-order valence-corrected chi connectivity index (χ1v) is 9.14. The van der Waals surface area contributed by atoms with Crippen molar-refractivity contribution in [2.24, 2.45) is 0 Å². The molecule has 0 atom stereocenters. The molecular formula is C15H24BrNO2S. The number of carbonyl (C=O) groups is 1. The fraction of sp³-hybridized carbons (Fsp3) is 0.733. The van der Waals surface area contributed by atoms with E-state index in [0.29, 0.717) is 13.0 Å². The van der Waals surface area contributed by atoms with Crippen molar-refractivity contribution in [2.75, 3.05) is 6.61 Å². The topological polar surface area (TPSA) is 39.2 Å². The minimum atomic E-state index is -0.0702. The van der Waals surface area contributed by atoms with Crippen LogP contribution in [0.25, 0.3) is 0 Å². The van der Waals surface area contributed by atoms with E-state index in [4.69, 9.17) is 4.74 Å². The van der Waals surface area contributed by atoms with Crippen LogP contribution < -0.4 is 0 Å². The minimum Gasteiger partial charge on any atom is -0.465 e. The van der Waals surface area contributed by atoms with Crippen LogP contribution in [0.5, 0.6) is 0 Å². The van der Waals surface area contributed by atoms with Gasteiger partial charge in [-0.05, 0) is 22.4 Å². The van der Waals surface area contributed by atoms with Gasteiger partial charge in [-0.3, -0.25) is 4.79 Å². The van der Waals surface area contributed by atoms with Crippen molar-refractivity contribution in [1.82, 2.24) is 4.98 Å². The van der Waals surface area contributed by atoms with Gasteiger partial charge in [-0.15, -0.1) is 11.3 Å². The van der Waals surface area contributed by atoms with Crippen LogP contribution in [0.1, 0.15) is 63.2 Å². The monoisotopic (exact) mass is 361 g/mol. The van der Waals surface area contributed by atoms with E-state index in [-0.39, 0.29) is 5.97 Å². The van der Waals surface area contributed by atoms with Crippen molar-refractivity contribution in [3.8, 4) is 0 Å². The molecule has 0 fully saturated rings. The zero-order valence-corrected chi connectivity index (χ0v) is 14.6. The number of nitrogens with zero attached hydrogens (tertiary/aromatic N) is 1. The highest BCUT2D eigenvalue weighted by Crippen LogP contribution is 2.19. The van der Waals surface area contributed by atoms with E-state index in [1.54, 1.807) is 16.8 Å². The highest BCUT2D eigenvalue weighted by molar-refractivity contribution is 9.10. The standard InChI is InChI=1S/C15H24BrNO2S/c1-2-3-4-5-6-7-8-9-14(18)19-11-10-13-15(16)17-12-20-13/h12H,2-11H2,1H3. The zero-order chi connectivity index (χ0) is 14.6. The number of thiazole rings is 1. The second kappa shape index (κ2) is 11.3. The molecule has 20 heavy (non-hydrogen) atoms. The van der Waals surface area contributed by atoms with Crippen LogP contribution in [0, 0.1) is 0 Å². The first-order chi connectivity index (χ1) is 9.74. The summed E-state index contributed by atoms with van der Waals surface area (Å²) in [6, 6.07) is 0. The molecule has 0 amide bonds. The van der Waals surface area contributed by atoms with Crippen LogP contribution in [0.4, 0.5) is 0 Å². The van der Waals surface area contributed by atoms with Crippen LogP contribution in [-0.2, 0) is 16.0 Å². The van der Waals surface area contributed by atoms with Crippen molar-refractivity contribution in [3.05, 3.63) is 15.0 Å². The second-order valence-corrected chi connectivity index (χ2v) is 6.60. The molecular weight excluding hydrogens is 338 g/mol. The van der Waals surface area contributed by atoms with Crippen molar-refractivity contribution < 1.29 is 9.53 Å². The first-order valence-electron chi connectivity index (χ1n) is 7.47. The quantitative estimate of drug-likeness (QED) is 0.405. The van der Waals surface area contributed by atoms with Gasteiger partial charge in [-0.25, -0.2) is 4.98 Å². The molecule has 0 aliphatic heterocycles. The Morgan fingerprint density at radius 2 is 1.95 bits per heavy atom. The van der Waals surface area contributed by atoms with Crippen LogP contribution in [-0.4, -0.2) is 17.6 Å². The van der Waals surface area contributed by atoms with Gasteiger partial charge in [-0.2, -0.15) is 0 Å². The lowest BCUT2D eigenvalue weighted by Gasteiger charge is -2.04. The molecule has 3 nitrogen and oxygen atoms in total. The summed E-state index contributed by atoms with van der Waals surface area (Å²) in [5, 5.41) is 0. The normalized spacial score (nSPS) is 10.7. The molecule has 0 aliphatic carbocycles. The number of unbranched alkanes of at least 4 members (excludes halogenated alkanes) is 6. The second-order valence-electron chi connectivity index (χ2n) is 4.91. The number of halogens is 1. The Kier molecular flexibility index (Phi) is 9.93. The zero-order valence-electron chi connectivity index (χ0n) is 12.2. The lowest BCUT2D eigenvalue weighted by molar-refractivity contribution is -0.143. The molecule has 5 heteroatoms. The van der Waals surface area contributed by atoms with E-state index in [0.717, 1.165) is 28.7 Å². The number of ether oxygens (including phenoxy) is 1. The summed E-state index contributed by atoms with van der Waals surface area (Å²) in [6.45, 7) is 2.68. The van der Waals surface area contributed by atoms with E-state index in [9.17, 15) is 4.79 Å². The molecule has 0 unspecified atom stereocenters. The Labute approximate surface area is 134 Å². The Balaban J connectivity index is 1.94. The summed E-state index contributed by atoms with van der Waals surface area (Å²) in [7, 11) is 0. The predicted molar refractivity (Wildman–Crippen MR) is 87.1 cm³/mol. The summed E-state index contributed by atoms with van der Waals surface area (Å²) in [6.07, 6.45) is 9.85. The van der Waals surface area contributed by atoms with E-state index < -0.39 is 0 Å². The van der Waals surface area contributed by atoms with Crippen molar-refractivity contribution >= 4 is 33.2 Å². The lowest BCUT2D eigenvalue weighted by atomic mass is 10.1. The van der Waals surface area contributed by atoms with Crippen molar-refractivity contribution in [3.63, 3.8) is 0 Å². The van der Waals surface area contributed by atoms with Gasteiger partial charge in [0.15, 0.2) is 0 Å². The maximum absolute atomic E-state index is 11.5. The third-order valence-electron chi connectivity index (χ3n) is 3.17. The highest BCUT2D eigenvalue weighted by Gasteiger charge is 2.06. The van der Waals surface area contributed by atoms with E-state index in [1.165, 1.54) is 32.1 Å². The molecule has 1 aromatic rings. The van der Waals surface area contributed by atoms with Crippen molar-refractivity contribution in [1.29, 1.82) is 0 Å². The summed E-state index contributed by atoms with van der Waals surface area (Å²) < 4.78 is 6.10. The highest BCUT2D eigenvalue weighted by atomic mass is 79.9. The van der Waals surface area contributed by atoms with Gasteiger partial charge in [0.05, 0.1) is 12.1 Å². The number of carbonyl (C=O) groups excluding carboxylic acids is 1. The predicted octanol–water partition coefficient (Wildman–Crippen LogP) is 5.13. The average molecular weight is 362 g/mol. The number of rotatable bonds is 11. The van der Waals surface area contributed by atoms with Gasteiger partial charge in [0.2, 0.25) is 0 Å². The minimum absolute atomic E-state index is 0.0702.